The Kier molecular flexibility index (Phi) is 4.25. The molecule has 0 atom stereocenters. The molecular formula is C17H15N3OS. The van der Waals surface area contributed by atoms with Gasteiger partial charge in [0.25, 0.3) is 5.91 Å². The van der Waals surface area contributed by atoms with Crippen molar-refractivity contribution in [1.82, 2.24) is 15.3 Å². The van der Waals surface area contributed by atoms with Gasteiger partial charge in [-0.2, -0.15) is 0 Å². The van der Waals surface area contributed by atoms with Crippen molar-refractivity contribution in [3.63, 3.8) is 0 Å². The molecule has 1 aromatic carbocycles. The van der Waals surface area contributed by atoms with E-state index in [2.05, 4.69) is 15.3 Å². The van der Waals surface area contributed by atoms with E-state index in [4.69, 9.17) is 0 Å². The van der Waals surface area contributed by atoms with Crippen LogP contribution in [-0.4, -0.2) is 15.9 Å². The third kappa shape index (κ3) is 3.38. The van der Waals surface area contributed by atoms with Crippen LogP contribution < -0.4 is 5.32 Å². The van der Waals surface area contributed by atoms with Gasteiger partial charge in [0.1, 0.15) is 5.01 Å². The maximum atomic E-state index is 12.1. The first-order valence-electron chi connectivity index (χ1n) is 6.92. The third-order valence-corrected chi connectivity index (χ3v) is 4.13. The molecule has 4 nitrogen and oxygen atoms in total. The summed E-state index contributed by atoms with van der Waals surface area (Å²) in [7, 11) is 0. The van der Waals surface area contributed by atoms with Gasteiger partial charge in [0.05, 0.1) is 12.2 Å². The second-order valence-electron chi connectivity index (χ2n) is 4.93. The Morgan fingerprint density at radius 2 is 2.05 bits per heavy atom. The maximum Gasteiger partial charge on any atom is 0.251 e. The van der Waals surface area contributed by atoms with Crippen molar-refractivity contribution in [2.75, 3.05) is 0 Å². The summed E-state index contributed by atoms with van der Waals surface area (Å²) in [6, 6.07) is 11.4. The van der Waals surface area contributed by atoms with Crippen molar-refractivity contribution in [3.8, 4) is 10.6 Å². The first-order valence-corrected chi connectivity index (χ1v) is 7.80. The third-order valence-electron chi connectivity index (χ3n) is 3.19. The summed E-state index contributed by atoms with van der Waals surface area (Å²) in [6.45, 7) is 2.40. The molecule has 3 aromatic rings. The molecule has 2 heterocycles. The van der Waals surface area contributed by atoms with Gasteiger partial charge in [-0.05, 0) is 31.2 Å². The molecule has 5 heteroatoms. The maximum absolute atomic E-state index is 12.1. The molecule has 0 bridgehead atoms. The van der Waals surface area contributed by atoms with Crippen LogP contribution >= 0.6 is 11.3 Å². The monoisotopic (exact) mass is 309 g/mol. The summed E-state index contributed by atoms with van der Waals surface area (Å²) in [5, 5.41) is 5.80. The number of benzene rings is 1. The van der Waals surface area contributed by atoms with Gasteiger partial charge in [-0.3, -0.25) is 9.78 Å². The zero-order chi connectivity index (χ0) is 15.4. The number of carbonyl (C=O) groups is 1. The molecule has 1 amide bonds. The van der Waals surface area contributed by atoms with E-state index in [1.807, 2.05) is 48.7 Å². The topological polar surface area (TPSA) is 54.9 Å². The van der Waals surface area contributed by atoms with Crippen molar-refractivity contribution in [2.45, 2.75) is 13.5 Å². The van der Waals surface area contributed by atoms with Crippen molar-refractivity contribution < 1.29 is 4.79 Å². The second-order valence-corrected chi connectivity index (χ2v) is 5.79. The van der Waals surface area contributed by atoms with Gasteiger partial charge in [-0.1, -0.05) is 17.7 Å². The van der Waals surface area contributed by atoms with Gasteiger partial charge in [0.15, 0.2) is 0 Å². The molecule has 0 radical (unpaired) electrons. The van der Waals surface area contributed by atoms with Gasteiger partial charge < -0.3 is 5.32 Å². The number of hydrogen-bond donors (Lipinski definition) is 1. The molecule has 0 saturated carbocycles. The number of nitrogens with one attached hydrogen (secondary N) is 1. The molecule has 0 saturated heterocycles. The van der Waals surface area contributed by atoms with E-state index in [-0.39, 0.29) is 5.91 Å². The van der Waals surface area contributed by atoms with Crippen LogP contribution in [0.2, 0.25) is 0 Å². The number of pyridine rings is 1. The molecule has 2 aromatic heterocycles. The first kappa shape index (κ1) is 14.4. The number of aryl methyl sites for hydroxylation is 1. The molecule has 0 spiro atoms. The van der Waals surface area contributed by atoms with E-state index < -0.39 is 0 Å². The van der Waals surface area contributed by atoms with Gasteiger partial charge in [-0.25, -0.2) is 4.98 Å². The number of rotatable bonds is 4. The fourth-order valence-electron chi connectivity index (χ4n) is 2.07. The highest BCUT2D eigenvalue weighted by molar-refractivity contribution is 7.13. The molecule has 0 aliphatic carbocycles. The summed E-state index contributed by atoms with van der Waals surface area (Å²) in [5.74, 6) is -0.0813. The Hall–Kier alpha value is -2.53. The molecule has 1 N–H and O–H groups in total. The lowest BCUT2D eigenvalue weighted by molar-refractivity contribution is 0.0950. The van der Waals surface area contributed by atoms with E-state index in [1.54, 1.807) is 23.7 Å². The summed E-state index contributed by atoms with van der Waals surface area (Å²) in [6.07, 6.45) is 3.49. The van der Waals surface area contributed by atoms with Crippen molar-refractivity contribution in [2.24, 2.45) is 0 Å². The van der Waals surface area contributed by atoms with Crippen molar-refractivity contribution in [3.05, 3.63) is 71.0 Å². The fraction of sp³-hybridized carbons (Fsp3) is 0.118. The van der Waals surface area contributed by atoms with Gasteiger partial charge in [0.2, 0.25) is 0 Å². The second kappa shape index (κ2) is 6.49. The van der Waals surface area contributed by atoms with Crippen LogP contribution in [0.15, 0.2) is 54.2 Å². The zero-order valence-electron chi connectivity index (χ0n) is 12.1. The number of thiazole rings is 1. The summed E-state index contributed by atoms with van der Waals surface area (Å²) in [4.78, 5) is 20.6. The Labute approximate surface area is 132 Å². The Morgan fingerprint density at radius 1 is 1.23 bits per heavy atom. The Morgan fingerprint density at radius 3 is 2.82 bits per heavy atom. The number of nitrogens with zero attached hydrogens (tertiary/aromatic N) is 2. The average molecular weight is 309 g/mol. The number of amides is 1. The van der Waals surface area contributed by atoms with E-state index in [0.29, 0.717) is 12.1 Å². The van der Waals surface area contributed by atoms with E-state index in [0.717, 1.165) is 21.8 Å². The highest BCUT2D eigenvalue weighted by atomic mass is 32.1. The number of hydrogen-bond acceptors (Lipinski definition) is 4. The average Bonchev–Trinajstić information content (AvgIpc) is 3.02. The molecule has 0 fully saturated rings. The summed E-state index contributed by atoms with van der Waals surface area (Å²) < 4.78 is 0. The lowest BCUT2D eigenvalue weighted by atomic mass is 10.1. The Bertz CT molecular complexity index is 783. The predicted octanol–water partition coefficient (Wildman–Crippen LogP) is 3.44. The number of aromatic nitrogens is 2. The quantitative estimate of drug-likeness (QED) is 0.803. The van der Waals surface area contributed by atoms with E-state index in [1.165, 1.54) is 0 Å². The lowest BCUT2D eigenvalue weighted by Gasteiger charge is -2.04. The largest absolute Gasteiger partial charge is 0.346 e. The van der Waals surface area contributed by atoms with Crippen LogP contribution in [0.4, 0.5) is 0 Å². The van der Waals surface area contributed by atoms with Gasteiger partial charge >= 0.3 is 0 Å². The van der Waals surface area contributed by atoms with Gasteiger partial charge in [0, 0.05) is 28.9 Å². The van der Waals surface area contributed by atoms with Crippen LogP contribution in [0.5, 0.6) is 0 Å². The highest BCUT2D eigenvalue weighted by Gasteiger charge is 2.08. The van der Waals surface area contributed by atoms with Crippen LogP contribution in [-0.2, 0) is 6.54 Å². The molecule has 0 aliphatic heterocycles. The molecule has 0 aliphatic rings. The molecule has 110 valence electrons. The molecule has 0 unspecified atom stereocenters. The summed E-state index contributed by atoms with van der Waals surface area (Å²) in [5.41, 5.74) is 3.64. The fourth-order valence-corrected chi connectivity index (χ4v) is 2.90. The minimum atomic E-state index is -0.0813. The van der Waals surface area contributed by atoms with Crippen molar-refractivity contribution >= 4 is 17.2 Å². The van der Waals surface area contributed by atoms with E-state index >= 15 is 0 Å². The normalized spacial score (nSPS) is 10.4. The van der Waals surface area contributed by atoms with E-state index in [9.17, 15) is 4.79 Å². The Balaban J connectivity index is 1.65. The first-order chi connectivity index (χ1) is 10.7. The van der Waals surface area contributed by atoms with Crippen LogP contribution in [0.3, 0.4) is 0 Å². The van der Waals surface area contributed by atoms with Crippen LogP contribution in [0.1, 0.15) is 21.6 Å². The van der Waals surface area contributed by atoms with Gasteiger partial charge in [-0.15, -0.1) is 11.3 Å². The minimum Gasteiger partial charge on any atom is -0.346 e. The van der Waals surface area contributed by atoms with Crippen molar-refractivity contribution in [1.29, 1.82) is 0 Å². The van der Waals surface area contributed by atoms with Crippen LogP contribution in [0, 0.1) is 6.92 Å². The zero-order valence-corrected chi connectivity index (χ0v) is 12.9. The SMILES string of the molecule is Cc1cccc(C(=O)NCc2csc(-c3ccncc3)n2)c1. The lowest BCUT2D eigenvalue weighted by Crippen LogP contribution is -2.22. The summed E-state index contributed by atoms with van der Waals surface area (Å²) >= 11 is 1.56. The van der Waals surface area contributed by atoms with Crippen LogP contribution in [0.25, 0.3) is 10.6 Å². The predicted molar refractivity (Wildman–Crippen MR) is 87.7 cm³/mol. The minimum absolute atomic E-state index is 0.0813. The highest BCUT2D eigenvalue weighted by Crippen LogP contribution is 2.22. The molecule has 22 heavy (non-hydrogen) atoms. The standard InChI is InChI=1S/C17H15N3OS/c1-12-3-2-4-14(9-12)16(21)19-10-15-11-22-17(20-15)13-5-7-18-8-6-13/h2-9,11H,10H2,1H3,(H,19,21). The molecular weight excluding hydrogens is 294 g/mol. The number of carbonyl (C=O) groups excluding carboxylic acids is 1. The smallest absolute Gasteiger partial charge is 0.251 e. The molecule has 3 rings (SSSR count).